The highest BCUT2D eigenvalue weighted by Crippen LogP contribution is 2.35. The van der Waals surface area contributed by atoms with Crippen LogP contribution in [0.5, 0.6) is 5.75 Å². The number of ether oxygens (including phenoxy) is 1. The molecule has 2 heterocycles. The Balaban J connectivity index is 1.73. The number of nitrogens with zero attached hydrogens (tertiary/aromatic N) is 2. The van der Waals surface area contributed by atoms with Gasteiger partial charge in [0.05, 0.1) is 24.0 Å². The SMILES string of the molecule is COc1ccc(NS(=O)(=O)c2cccc3cccnc23)cc1N1CCCC1=O. The first kappa shape index (κ1) is 18.2. The van der Waals surface area contributed by atoms with Crippen molar-refractivity contribution in [3.63, 3.8) is 0 Å². The minimum atomic E-state index is -3.87. The van der Waals surface area contributed by atoms with Crippen molar-refractivity contribution in [2.24, 2.45) is 0 Å². The van der Waals surface area contributed by atoms with Crippen molar-refractivity contribution >= 4 is 38.2 Å². The quantitative estimate of drug-likeness (QED) is 0.714. The molecule has 1 aliphatic heterocycles. The topological polar surface area (TPSA) is 88.6 Å². The van der Waals surface area contributed by atoms with Crippen LogP contribution < -0.4 is 14.4 Å². The van der Waals surface area contributed by atoms with Crippen LogP contribution in [0.1, 0.15) is 12.8 Å². The fourth-order valence-electron chi connectivity index (χ4n) is 3.37. The van der Waals surface area contributed by atoms with E-state index in [9.17, 15) is 13.2 Å². The molecule has 7 nitrogen and oxygen atoms in total. The Bertz CT molecular complexity index is 1160. The van der Waals surface area contributed by atoms with Gasteiger partial charge in [-0.2, -0.15) is 0 Å². The van der Waals surface area contributed by atoms with Crippen LogP contribution in [0.15, 0.2) is 59.6 Å². The lowest BCUT2D eigenvalue weighted by Crippen LogP contribution is -2.24. The van der Waals surface area contributed by atoms with E-state index in [1.807, 2.05) is 12.1 Å². The summed E-state index contributed by atoms with van der Waals surface area (Å²) < 4.78 is 34.0. The van der Waals surface area contributed by atoms with E-state index in [-0.39, 0.29) is 10.8 Å². The van der Waals surface area contributed by atoms with Crippen molar-refractivity contribution in [1.29, 1.82) is 0 Å². The smallest absolute Gasteiger partial charge is 0.264 e. The van der Waals surface area contributed by atoms with Crippen LogP contribution in [-0.4, -0.2) is 33.0 Å². The number of methoxy groups -OCH3 is 1. The predicted molar refractivity (Wildman–Crippen MR) is 107 cm³/mol. The zero-order chi connectivity index (χ0) is 19.7. The summed E-state index contributed by atoms with van der Waals surface area (Å²) in [6.07, 6.45) is 2.80. The van der Waals surface area contributed by atoms with Gasteiger partial charge in [-0.3, -0.25) is 14.5 Å². The molecule has 3 aromatic rings. The molecule has 1 saturated heterocycles. The number of benzene rings is 2. The van der Waals surface area contributed by atoms with Gasteiger partial charge >= 0.3 is 0 Å². The fraction of sp³-hybridized carbons (Fsp3) is 0.200. The van der Waals surface area contributed by atoms with E-state index in [0.717, 1.165) is 11.8 Å². The van der Waals surface area contributed by atoms with Crippen LogP contribution >= 0.6 is 0 Å². The molecule has 0 spiro atoms. The van der Waals surface area contributed by atoms with Crippen molar-refractivity contribution in [3.05, 3.63) is 54.7 Å². The molecular weight excluding hydrogens is 378 g/mol. The number of anilines is 2. The highest BCUT2D eigenvalue weighted by Gasteiger charge is 2.26. The normalized spacial score (nSPS) is 14.5. The number of sulfonamides is 1. The van der Waals surface area contributed by atoms with Gasteiger partial charge in [-0.05, 0) is 36.8 Å². The molecule has 0 unspecified atom stereocenters. The molecule has 0 aliphatic carbocycles. The number of nitrogens with one attached hydrogen (secondary N) is 1. The molecule has 1 aliphatic rings. The molecule has 1 N–H and O–H groups in total. The van der Waals surface area contributed by atoms with E-state index >= 15 is 0 Å². The Morgan fingerprint density at radius 1 is 1.14 bits per heavy atom. The predicted octanol–water partition coefficient (Wildman–Crippen LogP) is 3.17. The first-order chi connectivity index (χ1) is 13.5. The van der Waals surface area contributed by atoms with Crippen molar-refractivity contribution in [2.45, 2.75) is 17.7 Å². The largest absolute Gasteiger partial charge is 0.495 e. The van der Waals surface area contributed by atoms with Gasteiger partial charge in [-0.1, -0.05) is 18.2 Å². The van der Waals surface area contributed by atoms with Crippen molar-refractivity contribution < 1.29 is 17.9 Å². The van der Waals surface area contributed by atoms with E-state index in [1.165, 1.54) is 13.2 Å². The van der Waals surface area contributed by atoms with E-state index in [0.29, 0.717) is 35.6 Å². The molecule has 0 atom stereocenters. The van der Waals surface area contributed by atoms with Crippen LogP contribution in [0.25, 0.3) is 10.9 Å². The van der Waals surface area contributed by atoms with Crippen molar-refractivity contribution in [1.82, 2.24) is 4.98 Å². The number of aromatic nitrogens is 1. The highest BCUT2D eigenvalue weighted by atomic mass is 32.2. The standard InChI is InChI=1S/C20H19N3O4S/c1-27-17-10-9-15(13-16(17)23-12-4-8-19(23)24)22-28(25,26)18-7-2-5-14-6-3-11-21-20(14)18/h2-3,5-7,9-11,13,22H,4,8,12H2,1H3. The van der Waals surface area contributed by atoms with E-state index < -0.39 is 10.0 Å². The van der Waals surface area contributed by atoms with Gasteiger partial charge in [0, 0.05) is 24.5 Å². The highest BCUT2D eigenvalue weighted by molar-refractivity contribution is 7.93. The zero-order valence-electron chi connectivity index (χ0n) is 15.3. The van der Waals surface area contributed by atoms with Gasteiger partial charge in [0.1, 0.15) is 10.6 Å². The summed E-state index contributed by atoms with van der Waals surface area (Å²) in [6.45, 7) is 0.582. The maximum atomic E-state index is 13.0. The third kappa shape index (κ3) is 3.27. The lowest BCUT2D eigenvalue weighted by molar-refractivity contribution is -0.117. The molecule has 0 saturated carbocycles. The molecule has 1 amide bonds. The second-order valence-electron chi connectivity index (χ2n) is 6.47. The Labute approximate surface area is 163 Å². The van der Waals surface area contributed by atoms with E-state index in [2.05, 4.69) is 9.71 Å². The van der Waals surface area contributed by atoms with Crippen LogP contribution in [0.3, 0.4) is 0 Å². The van der Waals surface area contributed by atoms with Gasteiger partial charge in [0.15, 0.2) is 0 Å². The second kappa shape index (κ2) is 7.12. The maximum Gasteiger partial charge on any atom is 0.264 e. The molecule has 8 heteroatoms. The number of hydrogen-bond acceptors (Lipinski definition) is 5. The Hall–Kier alpha value is -3.13. The van der Waals surface area contributed by atoms with Crippen LogP contribution in [0, 0.1) is 0 Å². The second-order valence-corrected chi connectivity index (χ2v) is 8.12. The molecular formula is C20H19N3O4S. The summed E-state index contributed by atoms with van der Waals surface area (Å²) in [4.78, 5) is 18.1. The summed E-state index contributed by atoms with van der Waals surface area (Å²) >= 11 is 0. The summed E-state index contributed by atoms with van der Waals surface area (Å²) in [5.74, 6) is 0.515. The number of fused-ring (bicyclic) bond motifs is 1. The van der Waals surface area contributed by atoms with Gasteiger partial charge in [0.2, 0.25) is 5.91 Å². The number of hydrogen-bond donors (Lipinski definition) is 1. The lowest BCUT2D eigenvalue weighted by atomic mass is 10.2. The number of amides is 1. The summed E-state index contributed by atoms with van der Waals surface area (Å²) in [5, 5.41) is 0.739. The van der Waals surface area contributed by atoms with Crippen LogP contribution in [0.4, 0.5) is 11.4 Å². The molecule has 1 fully saturated rings. The van der Waals surface area contributed by atoms with Crippen LogP contribution in [0.2, 0.25) is 0 Å². The van der Waals surface area contributed by atoms with Crippen molar-refractivity contribution in [3.8, 4) is 5.75 Å². The number of carbonyl (C=O) groups is 1. The zero-order valence-corrected chi connectivity index (χ0v) is 16.1. The maximum absolute atomic E-state index is 13.0. The van der Waals surface area contributed by atoms with Gasteiger partial charge in [0.25, 0.3) is 10.0 Å². The number of carbonyl (C=O) groups excluding carboxylic acids is 1. The number of para-hydroxylation sites is 1. The van der Waals surface area contributed by atoms with E-state index in [1.54, 1.807) is 41.4 Å². The molecule has 28 heavy (non-hydrogen) atoms. The average Bonchev–Trinajstić information content (AvgIpc) is 3.13. The third-order valence-corrected chi connectivity index (χ3v) is 6.09. The Morgan fingerprint density at radius 2 is 1.96 bits per heavy atom. The van der Waals surface area contributed by atoms with Crippen LogP contribution in [-0.2, 0) is 14.8 Å². The number of rotatable bonds is 5. The monoisotopic (exact) mass is 397 g/mol. The first-order valence-electron chi connectivity index (χ1n) is 8.84. The van der Waals surface area contributed by atoms with Gasteiger partial charge in [-0.15, -0.1) is 0 Å². The minimum absolute atomic E-state index is 0.00318. The molecule has 0 bridgehead atoms. The fourth-order valence-corrected chi connectivity index (χ4v) is 4.60. The Morgan fingerprint density at radius 3 is 2.71 bits per heavy atom. The van der Waals surface area contributed by atoms with Crippen molar-refractivity contribution in [2.75, 3.05) is 23.3 Å². The molecule has 1 aromatic heterocycles. The molecule has 2 aromatic carbocycles. The Kier molecular flexibility index (Phi) is 4.64. The van der Waals surface area contributed by atoms with Gasteiger partial charge in [-0.25, -0.2) is 8.42 Å². The molecule has 0 radical (unpaired) electrons. The average molecular weight is 397 g/mol. The first-order valence-corrected chi connectivity index (χ1v) is 10.3. The summed E-state index contributed by atoms with van der Waals surface area (Å²) in [6, 6.07) is 13.5. The summed E-state index contributed by atoms with van der Waals surface area (Å²) in [5.41, 5.74) is 1.31. The number of pyridine rings is 1. The third-order valence-electron chi connectivity index (χ3n) is 4.68. The minimum Gasteiger partial charge on any atom is -0.495 e. The lowest BCUT2D eigenvalue weighted by Gasteiger charge is -2.20. The van der Waals surface area contributed by atoms with E-state index in [4.69, 9.17) is 4.74 Å². The molecule has 144 valence electrons. The summed E-state index contributed by atoms with van der Waals surface area (Å²) in [7, 11) is -2.35. The van der Waals surface area contributed by atoms with Gasteiger partial charge < -0.3 is 9.64 Å². The molecule has 4 rings (SSSR count).